The Morgan fingerprint density at radius 2 is 1.66 bits per heavy atom. The molecule has 0 aliphatic heterocycles. The van der Waals surface area contributed by atoms with Crippen LogP contribution in [0.25, 0.3) is 15.7 Å². The molecule has 210 valence electrons. The monoisotopic (exact) mass is 590 g/mol. The predicted octanol–water partition coefficient (Wildman–Crippen LogP) is 7.04. The number of anilines is 1. The topological polar surface area (TPSA) is 179 Å². The van der Waals surface area contributed by atoms with Gasteiger partial charge in [0.25, 0.3) is 0 Å². The van der Waals surface area contributed by atoms with Crippen LogP contribution in [0.2, 0.25) is 0 Å². The van der Waals surface area contributed by atoms with Crippen LogP contribution >= 0.6 is 0 Å². The summed E-state index contributed by atoms with van der Waals surface area (Å²) in [4.78, 5) is -0.00264. The van der Waals surface area contributed by atoms with Crippen molar-refractivity contribution < 1.29 is 27.0 Å². The molecule has 0 aliphatic rings. The number of rotatable bonds is 9. The van der Waals surface area contributed by atoms with Gasteiger partial charge in [0.2, 0.25) is 0 Å². The molecule has 4 aromatic carbocycles. The van der Waals surface area contributed by atoms with Crippen molar-refractivity contribution >= 4 is 65.0 Å². The molecule has 1 unspecified atom stereocenters. The van der Waals surface area contributed by atoms with Crippen molar-refractivity contribution in [2.45, 2.75) is 11.8 Å². The van der Waals surface area contributed by atoms with Crippen LogP contribution in [0.3, 0.4) is 0 Å². The Kier molecular flexibility index (Phi) is 8.42. The van der Waals surface area contributed by atoms with Crippen LogP contribution in [0, 0.1) is 6.92 Å². The van der Waals surface area contributed by atoms with E-state index in [0.717, 1.165) is 5.41 Å². The summed E-state index contributed by atoms with van der Waals surface area (Å²) in [5, 5.41) is 29.5. The van der Waals surface area contributed by atoms with Crippen molar-refractivity contribution in [3.63, 3.8) is 0 Å². The van der Waals surface area contributed by atoms with E-state index in [1.807, 2.05) is 0 Å². The van der Waals surface area contributed by atoms with Gasteiger partial charge < -0.3 is 20.1 Å². The highest BCUT2D eigenvalue weighted by molar-refractivity contribution is 7.94. The highest BCUT2D eigenvalue weighted by Crippen LogP contribution is 2.43. The van der Waals surface area contributed by atoms with Crippen molar-refractivity contribution in [2.75, 3.05) is 12.8 Å². The first-order valence-electron chi connectivity index (χ1n) is 11.8. The van der Waals surface area contributed by atoms with Crippen LogP contribution in [0.4, 0.5) is 28.4 Å². The van der Waals surface area contributed by atoms with Crippen LogP contribution in [0.1, 0.15) is 11.1 Å². The maximum atomic E-state index is 11.9. The maximum Gasteiger partial charge on any atom is 0.199 e. The Labute approximate surface area is 238 Å². The predicted molar refractivity (Wildman–Crippen MR) is 158 cm³/mol. The van der Waals surface area contributed by atoms with Crippen LogP contribution < -0.4 is 10.5 Å². The largest absolute Gasteiger partial charge is 0.768 e. The summed E-state index contributed by atoms with van der Waals surface area (Å²) < 4.78 is 51.9. The van der Waals surface area contributed by atoms with Gasteiger partial charge in [-0.3, -0.25) is 4.21 Å². The first kappa shape index (κ1) is 29.3. The molecule has 0 spiro atoms. The van der Waals surface area contributed by atoms with Gasteiger partial charge >= 0.3 is 0 Å². The fourth-order valence-electron chi connectivity index (χ4n) is 3.89. The molecule has 4 aromatic rings. The lowest BCUT2D eigenvalue weighted by molar-refractivity contribution is 0.415. The second kappa shape index (κ2) is 11.8. The summed E-state index contributed by atoms with van der Waals surface area (Å²) in [6.45, 7) is 8.59. The van der Waals surface area contributed by atoms with Crippen molar-refractivity contribution in [3.8, 4) is 11.5 Å². The number of hydrogen-bond acceptors (Lipinski definition) is 11. The average Bonchev–Trinajstić information content (AvgIpc) is 2.96. The molecule has 13 heteroatoms. The number of sulfone groups is 1. The second-order valence-corrected chi connectivity index (χ2v) is 11.5. The third-order valence-corrected chi connectivity index (χ3v) is 8.09. The summed E-state index contributed by atoms with van der Waals surface area (Å²) >= 11 is -2.50. The minimum Gasteiger partial charge on any atom is -0.768 e. The quantitative estimate of drug-likeness (QED) is 0.119. The lowest BCUT2D eigenvalue weighted by atomic mass is 10.1. The summed E-state index contributed by atoms with van der Waals surface area (Å²) in [6.07, 6.45) is 0. The summed E-state index contributed by atoms with van der Waals surface area (Å²) in [5.41, 5.74) is 8.59. The van der Waals surface area contributed by atoms with Crippen LogP contribution in [-0.4, -0.2) is 29.4 Å². The molecule has 3 N–H and O–H groups in total. The van der Waals surface area contributed by atoms with E-state index in [9.17, 15) is 22.3 Å². The maximum absolute atomic E-state index is 11.9. The number of phenolic OH excluding ortho intramolecular Hbond substituents is 1. The summed E-state index contributed by atoms with van der Waals surface area (Å²) in [5.74, 6) is 0.0935. The zero-order valence-electron chi connectivity index (χ0n) is 21.9. The Balaban J connectivity index is 1.68. The van der Waals surface area contributed by atoms with E-state index in [1.54, 1.807) is 31.2 Å². The van der Waals surface area contributed by atoms with Crippen LogP contribution in [0.15, 0.2) is 105 Å². The highest BCUT2D eigenvalue weighted by Gasteiger charge is 2.14. The van der Waals surface area contributed by atoms with Crippen molar-refractivity contribution in [3.05, 3.63) is 90.4 Å². The lowest BCUT2D eigenvalue weighted by Crippen LogP contribution is -1.96. The molecule has 0 saturated carbocycles. The number of ether oxygens (including phenoxy) is 1. The fraction of sp³-hybridized carbons (Fsp3) is 0.0714. The normalized spacial score (nSPS) is 12.7. The zero-order valence-corrected chi connectivity index (χ0v) is 23.6. The molecule has 0 amide bonds. The Hall–Kier alpha value is -4.72. The van der Waals surface area contributed by atoms with Gasteiger partial charge in [-0.2, -0.15) is 5.11 Å². The molecule has 0 fully saturated rings. The molecule has 0 aromatic heterocycles. The number of phenols is 1. The molecule has 11 nitrogen and oxygen atoms in total. The minimum atomic E-state index is -3.57. The molecule has 0 radical (unpaired) electrons. The van der Waals surface area contributed by atoms with E-state index < -0.39 is 20.9 Å². The minimum absolute atomic E-state index is 0.0795. The van der Waals surface area contributed by atoms with E-state index in [2.05, 4.69) is 33.6 Å². The molecule has 0 bridgehead atoms. The number of azo groups is 2. The number of fused-ring (bicyclic) bond motifs is 1. The highest BCUT2D eigenvalue weighted by atomic mass is 32.2. The standard InChI is InChI=1S/C28H25N5O6S2/c1-5-41(37,38)19-8-6-18(7-9-19)30-33-27-20-11-13-24(28(34)21(20)10-12-23(27)29)31-32-25-14-16(2)22(15-26(25)39-4)17(3)40(35)36/h5-15,34H,1,3,29H2,2,4H3,(H,35,36)/p-1. The molecule has 0 heterocycles. The zero-order chi connectivity index (χ0) is 29.9. The van der Waals surface area contributed by atoms with Gasteiger partial charge in [0.05, 0.1) is 23.4 Å². The van der Waals surface area contributed by atoms with Gasteiger partial charge in [-0.1, -0.05) is 13.2 Å². The van der Waals surface area contributed by atoms with E-state index in [0.29, 0.717) is 44.6 Å². The van der Waals surface area contributed by atoms with E-state index >= 15 is 0 Å². The SMILES string of the molecule is C=CS(=O)(=O)c1ccc(N=Nc2c(N)ccc3c(O)c(N=Nc4cc(C)c(C(=C)S(=O)[O-])cc4OC)ccc23)cc1. The Morgan fingerprint density at radius 3 is 2.29 bits per heavy atom. The van der Waals surface area contributed by atoms with Crippen molar-refractivity contribution in [1.29, 1.82) is 0 Å². The number of methoxy groups -OCH3 is 1. The second-order valence-electron chi connectivity index (χ2n) is 8.63. The first-order valence-corrected chi connectivity index (χ1v) is 14.4. The van der Waals surface area contributed by atoms with Gasteiger partial charge in [0.1, 0.15) is 22.8 Å². The first-order chi connectivity index (χ1) is 19.5. The molecule has 0 aliphatic carbocycles. The molecule has 4 rings (SSSR count). The Bertz CT molecular complexity index is 1880. The van der Waals surface area contributed by atoms with Gasteiger partial charge in [0.15, 0.2) is 15.6 Å². The molecular weight excluding hydrogens is 566 g/mol. The average molecular weight is 591 g/mol. The van der Waals surface area contributed by atoms with Gasteiger partial charge in [-0.15, -0.1) is 15.3 Å². The van der Waals surface area contributed by atoms with Crippen molar-refractivity contribution in [2.24, 2.45) is 20.5 Å². The lowest BCUT2D eigenvalue weighted by Gasteiger charge is -2.14. The third-order valence-electron chi connectivity index (χ3n) is 6.10. The number of aromatic hydroxyl groups is 1. The molecular formula is C28H24N5O6S2-. The summed E-state index contributed by atoms with van der Waals surface area (Å²) in [7, 11) is -2.16. The van der Waals surface area contributed by atoms with Gasteiger partial charge in [-0.05, 0) is 89.8 Å². The van der Waals surface area contributed by atoms with E-state index in [1.165, 1.54) is 43.5 Å². The number of benzene rings is 4. The number of nitrogen functional groups attached to an aromatic ring is 1. The van der Waals surface area contributed by atoms with Gasteiger partial charge in [-0.25, -0.2) is 8.42 Å². The molecule has 0 saturated heterocycles. The summed E-state index contributed by atoms with van der Waals surface area (Å²) in [6, 6.07) is 15.3. The smallest absolute Gasteiger partial charge is 0.199 e. The van der Waals surface area contributed by atoms with Crippen LogP contribution in [0.5, 0.6) is 11.5 Å². The van der Waals surface area contributed by atoms with Crippen LogP contribution in [-0.2, 0) is 20.9 Å². The number of nitrogens with two attached hydrogens (primary N) is 1. The van der Waals surface area contributed by atoms with E-state index in [-0.39, 0.29) is 27.0 Å². The third kappa shape index (κ3) is 6.06. The molecule has 41 heavy (non-hydrogen) atoms. The van der Waals surface area contributed by atoms with Gasteiger partial charge in [0, 0.05) is 21.1 Å². The number of aryl methyl sites for hydroxylation is 1. The Morgan fingerprint density at radius 1 is 1.00 bits per heavy atom. The fourth-order valence-corrected chi connectivity index (χ4v) is 5.00. The number of nitrogens with zero attached hydrogens (tertiary/aromatic N) is 4. The van der Waals surface area contributed by atoms with Crippen molar-refractivity contribution in [1.82, 2.24) is 0 Å². The van der Waals surface area contributed by atoms with E-state index in [4.69, 9.17) is 10.5 Å². The number of hydrogen-bond donors (Lipinski definition) is 2. The molecule has 1 atom stereocenters.